The summed E-state index contributed by atoms with van der Waals surface area (Å²) in [7, 11) is 0. The lowest BCUT2D eigenvalue weighted by Crippen LogP contribution is -2.18. The minimum Gasteiger partial charge on any atom is -0.399 e. The molecule has 1 amide bonds. The molecule has 4 nitrogen and oxygen atoms in total. The number of rotatable bonds is 3. The first-order valence-corrected chi connectivity index (χ1v) is 6.90. The van der Waals surface area contributed by atoms with Crippen LogP contribution in [0.25, 0.3) is 10.9 Å². The van der Waals surface area contributed by atoms with Crippen LogP contribution >= 0.6 is 11.6 Å². The number of halogens is 1. The van der Waals surface area contributed by atoms with Crippen LogP contribution in [0, 0.1) is 0 Å². The number of benzene rings is 2. The van der Waals surface area contributed by atoms with E-state index in [0.29, 0.717) is 16.4 Å². The number of nitrogens with zero attached hydrogens (tertiary/aromatic N) is 1. The molecule has 0 bridgehead atoms. The van der Waals surface area contributed by atoms with E-state index in [-0.39, 0.29) is 12.5 Å². The predicted molar refractivity (Wildman–Crippen MR) is 86.4 cm³/mol. The molecule has 1 aromatic heterocycles. The van der Waals surface area contributed by atoms with Crippen molar-refractivity contribution in [1.29, 1.82) is 0 Å². The highest BCUT2D eigenvalue weighted by molar-refractivity contribution is 6.33. The summed E-state index contributed by atoms with van der Waals surface area (Å²) in [5.41, 5.74) is 7.80. The van der Waals surface area contributed by atoms with Crippen molar-refractivity contribution in [3.63, 3.8) is 0 Å². The summed E-state index contributed by atoms with van der Waals surface area (Å²) in [5.74, 6) is -0.149. The van der Waals surface area contributed by atoms with Gasteiger partial charge in [-0.3, -0.25) is 4.79 Å². The van der Waals surface area contributed by atoms with E-state index in [4.69, 9.17) is 17.3 Å². The van der Waals surface area contributed by atoms with Gasteiger partial charge >= 0.3 is 0 Å². The summed E-state index contributed by atoms with van der Waals surface area (Å²) in [5, 5.41) is 4.35. The van der Waals surface area contributed by atoms with Crippen LogP contribution in [0.2, 0.25) is 5.02 Å². The molecular formula is C16H14ClN3O. The number of para-hydroxylation sites is 1. The van der Waals surface area contributed by atoms with Crippen molar-refractivity contribution in [3.05, 3.63) is 59.8 Å². The highest BCUT2D eigenvalue weighted by Crippen LogP contribution is 2.24. The number of nitrogens with two attached hydrogens (primary N) is 1. The first-order chi connectivity index (χ1) is 10.1. The highest BCUT2D eigenvalue weighted by atomic mass is 35.5. The smallest absolute Gasteiger partial charge is 0.244 e. The average molecular weight is 300 g/mol. The molecule has 3 rings (SSSR count). The predicted octanol–water partition coefficient (Wildman–Crippen LogP) is 3.52. The van der Waals surface area contributed by atoms with Gasteiger partial charge in [-0.2, -0.15) is 0 Å². The number of aromatic nitrogens is 1. The number of hydrogen-bond acceptors (Lipinski definition) is 2. The molecule has 2 aromatic carbocycles. The van der Waals surface area contributed by atoms with Gasteiger partial charge in [0, 0.05) is 17.4 Å². The monoisotopic (exact) mass is 299 g/mol. The minimum atomic E-state index is -0.149. The molecule has 0 aliphatic rings. The maximum absolute atomic E-state index is 12.2. The molecule has 0 spiro atoms. The zero-order chi connectivity index (χ0) is 14.8. The van der Waals surface area contributed by atoms with E-state index in [1.165, 1.54) is 0 Å². The van der Waals surface area contributed by atoms with Gasteiger partial charge in [-0.1, -0.05) is 29.8 Å². The molecule has 0 atom stereocenters. The third kappa shape index (κ3) is 2.85. The van der Waals surface area contributed by atoms with E-state index < -0.39 is 0 Å². The van der Waals surface area contributed by atoms with E-state index in [1.807, 2.05) is 41.1 Å². The van der Waals surface area contributed by atoms with Gasteiger partial charge in [0.1, 0.15) is 6.54 Å². The Labute approximate surface area is 127 Å². The Morgan fingerprint density at radius 2 is 2.00 bits per heavy atom. The Morgan fingerprint density at radius 3 is 2.86 bits per heavy atom. The van der Waals surface area contributed by atoms with Crippen LogP contribution in [0.4, 0.5) is 11.4 Å². The molecular weight excluding hydrogens is 286 g/mol. The number of nitrogen functional groups attached to an aromatic ring is 1. The van der Waals surface area contributed by atoms with Crippen LogP contribution in [-0.2, 0) is 11.3 Å². The van der Waals surface area contributed by atoms with Gasteiger partial charge < -0.3 is 15.6 Å². The first kappa shape index (κ1) is 13.5. The van der Waals surface area contributed by atoms with Crippen LogP contribution < -0.4 is 11.1 Å². The maximum Gasteiger partial charge on any atom is 0.244 e. The zero-order valence-electron chi connectivity index (χ0n) is 11.2. The zero-order valence-corrected chi connectivity index (χ0v) is 12.0. The van der Waals surface area contributed by atoms with Gasteiger partial charge in [-0.05, 0) is 35.7 Å². The van der Waals surface area contributed by atoms with E-state index in [9.17, 15) is 4.79 Å². The standard InChI is InChI=1S/C16H14ClN3O/c17-13-6-5-12(18)9-14(13)19-16(21)10-20-8-7-11-3-1-2-4-15(11)20/h1-9H,10,18H2,(H,19,21). The van der Waals surface area contributed by atoms with Crippen molar-refractivity contribution in [3.8, 4) is 0 Å². The summed E-state index contributed by atoms with van der Waals surface area (Å²) in [6, 6.07) is 14.9. The van der Waals surface area contributed by atoms with Crippen molar-refractivity contribution in [1.82, 2.24) is 4.57 Å². The third-order valence-corrected chi connectivity index (χ3v) is 3.59. The Hall–Kier alpha value is -2.46. The number of amides is 1. The molecule has 1 heterocycles. The minimum absolute atomic E-state index is 0.149. The number of hydrogen-bond donors (Lipinski definition) is 2. The number of fused-ring (bicyclic) bond motifs is 1. The van der Waals surface area contributed by atoms with Gasteiger partial charge in [0.25, 0.3) is 0 Å². The number of carbonyl (C=O) groups excluding carboxylic acids is 1. The van der Waals surface area contributed by atoms with Crippen molar-refractivity contribution >= 4 is 39.8 Å². The average Bonchev–Trinajstić information content (AvgIpc) is 2.86. The lowest BCUT2D eigenvalue weighted by Gasteiger charge is -2.09. The van der Waals surface area contributed by atoms with Crippen LogP contribution in [0.1, 0.15) is 0 Å². The number of anilines is 2. The van der Waals surface area contributed by atoms with Gasteiger partial charge in [0.2, 0.25) is 5.91 Å². The molecule has 3 N–H and O–H groups in total. The molecule has 0 saturated heterocycles. The second-order valence-electron chi connectivity index (χ2n) is 4.79. The van der Waals surface area contributed by atoms with Gasteiger partial charge in [-0.15, -0.1) is 0 Å². The lowest BCUT2D eigenvalue weighted by atomic mass is 10.2. The third-order valence-electron chi connectivity index (χ3n) is 3.26. The van der Waals surface area contributed by atoms with Crippen molar-refractivity contribution in [2.75, 3.05) is 11.1 Å². The molecule has 0 radical (unpaired) electrons. The summed E-state index contributed by atoms with van der Waals surface area (Å²) in [6.07, 6.45) is 1.89. The lowest BCUT2D eigenvalue weighted by molar-refractivity contribution is -0.116. The molecule has 3 aromatic rings. The molecule has 0 aliphatic carbocycles. The van der Waals surface area contributed by atoms with Gasteiger partial charge in [-0.25, -0.2) is 0 Å². The van der Waals surface area contributed by atoms with Crippen LogP contribution in [0.15, 0.2) is 54.7 Å². The molecule has 5 heteroatoms. The molecule has 106 valence electrons. The van der Waals surface area contributed by atoms with Crippen molar-refractivity contribution in [2.45, 2.75) is 6.54 Å². The fourth-order valence-electron chi connectivity index (χ4n) is 2.26. The Morgan fingerprint density at radius 1 is 1.19 bits per heavy atom. The van der Waals surface area contributed by atoms with Crippen LogP contribution in [-0.4, -0.2) is 10.5 Å². The number of nitrogens with one attached hydrogen (secondary N) is 1. The quantitative estimate of drug-likeness (QED) is 0.727. The largest absolute Gasteiger partial charge is 0.399 e. The Kier molecular flexibility index (Phi) is 3.54. The normalized spacial score (nSPS) is 10.7. The second-order valence-corrected chi connectivity index (χ2v) is 5.20. The summed E-state index contributed by atoms with van der Waals surface area (Å²) in [4.78, 5) is 12.2. The molecule has 21 heavy (non-hydrogen) atoms. The topological polar surface area (TPSA) is 60.0 Å². The highest BCUT2D eigenvalue weighted by Gasteiger charge is 2.08. The van der Waals surface area contributed by atoms with E-state index in [0.717, 1.165) is 10.9 Å². The molecule has 0 unspecified atom stereocenters. The van der Waals surface area contributed by atoms with Crippen molar-refractivity contribution in [2.24, 2.45) is 0 Å². The molecule has 0 aliphatic heterocycles. The molecule has 0 fully saturated rings. The van der Waals surface area contributed by atoms with Crippen molar-refractivity contribution < 1.29 is 4.79 Å². The second kappa shape index (κ2) is 5.50. The first-order valence-electron chi connectivity index (χ1n) is 6.52. The van der Waals surface area contributed by atoms with E-state index in [1.54, 1.807) is 18.2 Å². The summed E-state index contributed by atoms with van der Waals surface area (Å²) < 4.78 is 1.89. The van der Waals surface area contributed by atoms with Gasteiger partial charge in [0.05, 0.1) is 10.7 Å². The fourth-order valence-corrected chi connectivity index (χ4v) is 2.43. The molecule has 0 saturated carbocycles. The summed E-state index contributed by atoms with van der Waals surface area (Å²) in [6.45, 7) is 0.221. The Bertz CT molecular complexity index is 810. The fraction of sp³-hybridized carbons (Fsp3) is 0.0625. The van der Waals surface area contributed by atoms with E-state index in [2.05, 4.69) is 5.32 Å². The van der Waals surface area contributed by atoms with Crippen LogP contribution in [0.3, 0.4) is 0 Å². The Balaban J connectivity index is 1.79. The van der Waals surface area contributed by atoms with Gasteiger partial charge in [0.15, 0.2) is 0 Å². The SMILES string of the molecule is Nc1ccc(Cl)c(NC(=O)Cn2ccc3ccccc32)c1. The van der Waals surface area contributed by atoms with Crippen LogP contribution in [0.5, 0.6) is 0 Å². The maximum atomic E-state index is 12.2. The van der Waals surface area contributed by atoms with E-state index >= 15 is 0 Å². The number of carbonyl (C=O) groups is 1. The summed E-state index contributed by atoms with van der Waals surface area (Å²) >= 11 is 6.04.